The zero-order valence-corrected chi connectivity index (χ0v) is 29.9. The number of allylic oxidation sites excluding steroid dienone is 2. The molecule has 0 saturated carbocycles. The molecule has 4 aromatic rings. The van der Waals surface area contributed by atoms with Gasteiger partial charge in [-0.1, -0.05) is 0 Å². The molecule has 6 rings (SSSR count). The minimum atomic E-state index is -3.77. The van der Waals surface area contributed by atoms with Gasteiger partial charge in [0, 0.05) is 0 Å². The van der Waals surface area contributed by atoms with Gasteiger partial charge in [0.1, 0.15) is 0 Å². The van der Waals surface area contributed by atoms with Gasteiger partial charge in [-0.05, 0) is 0 Å². The molecule has 2 aliphatic carbocycles. The van der Waals surface area contributed by atoms with Crippen LogP contribution in [-0.4, -0.2) is 6.88 Å². The van der Waals surface area contributed by atoms with E-state index in [0.717, 1.165) is 0 Å². The molecular weight excluding hydrogens is 600 g/mol. The Hall–Kier alpha value is -2.54. The van der Waals surface area contributed by atoms with Gasteiger partial charge in [-0.15, -0.1) is 0 Å². The van der Waals surface area contributed by atoms with Crippen molar-refractivity contribution in [2.75, 3.05) is 0 Å². The maximum absolute atomic E-state index is 3.77. The molecule has 0 radical (unpaired) electrons. The van der Waals surface area contributed by atoms with Gasteiger partial charge < -0.3 is 0 Å². The van der Waals surface area contributed by atoms with Gasteiger partial charge in [-0.3, -0.25) is 0 Å². The maximum atomic E-state index is 2.61. The van der Waals surface area contributed by atoms with Crippen LogP contribution in [0, 0.1) is 0 Å². The van der Waals surface area contributed by atoms with Gasteiger partial charge in [-0.25, -0.2) is 0 Å². The van der Waals surface area contributed by atoms with Crippen molar-refractivity contribution in [2.24, 2.45) is 0 Å². The summed E-state index contributed by atoms with van der Waals surface area (Å²) in [6.07, 6.45) is 10.4. The first kappa shape index (κ1) is 29.5. The molecular formula is C40H46SiZr. The van der Waals surface area contributed by atoms with Crippen molar-refractivity contribution >= 4 is 19.0 Å². The molecule has 0 spiro atoms. The van der Waals surface area contributed by atoms with Crippen molar-refractivity contribution in [3.8, 4) is 22.3 Å². The van der Waals surface area contributed by atoms with Crippen LogP contribution in [0.2, 0.25) is 8.26 Å². The summed E-state index contributed by atoms with van der Waals surface area (Å²) in [4.78, 5) is 0. The Kier molecular flexibility index (Phi) is 8.34. The molecule has 2 heteroatoms. The SMILES string of the molecule is CCC[CH2][Zr](=[SiH2])([CH2]CCC)([CH]1C(C)=Cc2c(-c3ccccc3)cccc21)[CH]1C(C)=Cc2c(-c3ccccc3)cccc21. The fraction of sp³-hybridized carbons (Fsp3) is 0.300. The minimum absolute atomic E-state index is 0.584. The van der Waals surface area contributed by atoms with E-state index in [9.17, 15) is 0 Å². The monoisotopic (exact) mass is 644 g/mol. The summed E-state index contributed by atoms with van der Waals surface area (Å²) in [5.74, 6) is 0. The predicted octanol–water partition coefficient (Wildman–Crippen LogP) is 11.3. The van der Waals surface area contributed by atoms with Crippen molar-refractivity contribution in [2.45, 2.75) is 68.9 Å². The Balaban J connectivity index is 1.60. The molecule has 0 nitrogen and oxygen atoms in total. The van der Waals surface area contributed by atoms with Gasteiger partial charge in [0.2, 0.25) is 0 Å². The molecule has 0 fully saturated rings. The van der Waals surface area contributed by atoms with Gasteiger partial charge in [0.25, 0.3) is 0 Å². The van der Waals surface area contributed by atoms with Crippen LogP contribution < -0.4 is 0 Å². The average molecular weight is 646 g/mol. The van der Waals surface area contributed by atoms with Crippen LogP contribution in [0.1, 0.15) is 82.9 Å². The third kappa shape index (κ3) is 4.84. The molecule has 0 aliphatic heterocycles. The van der Waals surface area contributed by atoms with Crippen LogP contribution >= 0.6 is 0 Å². The van der Waals surface area contributed by atoms with E-state index in [2.05, 4.69) is 144 Å². The second-order valence-corrected chi connectivity index (χ2v) is 39.9. The number of hydrogen-bond acceptors (Lipinski definition) is 0. The normalized spacial score (nSPS) is 17.9. The zero-order valence-electron chi connectivity index (χ0n) is 26.0. The summed E-state index contributed by atoms with van der Waals surface area (Å²) in [7, 11) is 0. The van der Waals surface area contributed by atoms with E-state index in [1.54, 1.807) is 22.3 Å². The summed E-state index contributed by atoms with van der Waals surface area (Å²) >= 11 is -3.77. The number of benzene rings is 4. The second kappa shape index (κ2) is 11.9. The Labute approximate surface area is 256 Å². The van der Waals surface area contributed by atoms with Crippen LogP contribution in [0.5, 0.6) is 0 Å². The van der Waals surface area contributed by atoms with E-state index in [1.165, 1.54) is 67.3 Å². The number of unbranched alkanes of at least 4 members (excludes halogenated alkanes) is 2. The first-order valence-electron chi connectivity index (χ1n) is 16.2. The van der Waals surface area contributed by atoms with Gasteiger partial charge in [0.05, 0.1) is 0 Å². The Morgan fingerprint density at radius 3 is 1.33 bits per heavy atom. The van der Waals surface area contributed by atoms with Crippen LogP contribution in [0.15, 0.2) is 108 Å². The zero-order chi connectivity index (χ0) is 29.3. The first-order chi connectivity index (χ1) is 20.4. The molecule has 0 saturated heterocycles. The Morgan fingerprint density at radius 2 is 0.952 bits per heavy atom. The van der Waals surface area contributed by atoms with Crippen LogP contribution in [0.3, 0.4) is 0 Å². The van der Waals surface area contributed by atoms with Crippen LogP contribution in [-0.2, 0) is 17.4 Å². The van der Waals surface area contributed by atoms with Gasteiger partial charge in [-0.2, -0.15) is 0 Å². The van der Waals surface area contributed by atoms with Crippen LogP contribution in [0.4, 0.5) is 0 Å². The second-order valence-electron chi connectivity index (χ2n) is 13.3. The quantitative estimate of drug-likeness (QED) is 0.151. The van der Waals surface area contributed by atoms with E-state index >= 15 is 0 Å². The standard InChI is InChI=1S/2C16H13.2C4H9.H2Si.Zr/c2*1-12-10-14-8-5-9-15(16(14)11-12)13-6-3-2-4-7-13;2*1-3-4-2;;/h2*2-11H,1H3;2*1,3-4H2,2H3;1H2;. The van der Waals surface area contributed by atoms with E-state index in [0.29, 0.717) is 7.25 Å². The van der Waals surface area contributed by atoms with Gasteiger partial charge >= 0.3 is 258 Å². The number of hydrogen-bond donors (Lipinski definition) is 0. The summed E-state index contributed by atoms with van der Waals surface area (Å²) in [5, 5.41) is 0. The van der Waals surface area contributed by atoms with Gasteiger partial charge in [0.15, 0.2) is 0 Å². The molecule has 2 unspecified atom stereocenters. The van der Waals surface area contributed by atoms with Crippen LogP contribution in [0.25, 0.3) is 34.4 Å². The van der Waals surface area contributed by atoms with E-state index in [1.807, 2.05) is 0 Å². The molecule has 4 aromatic carbocycles. The molecule has 0 N–H and O–H groups in total. The fourth-order valence-corrected chi connectivity index (χ4v) is 40.7. The van der Waals surface area contributed by atoms with Crippen molar-refractivity contribution in [1.29, 1.82) is 0 Å². The number of fused-ring (bicyclic) bond motifs is 2. The van der Waals surface area contributed by atoms with E-state index in [4.69, 9.17) is 0 Å². The summed E-state index contributed by atoms with van der Waals surface area (Å²) < 4.78 is 4.04. The third-order valence-corrected chi connectivity index (χ3v) is 39.1. The fourth-order valence-electron chi connectivity index (χ4n) is 9.04. The molecule has 2 aliphatic rings. The van der Waals surface area contributed by atoms with Crippen molar-refractivity contribution in [3.63, 3.8) is 0 Å². The third-order valence-electron chi connectivity index (χ3n) is 10.6. The van der Waals surface area contributed by atoms with Crippen molar-refractivity contribution in [3.05, 3.63) is 130 Å². The number of rotatable bonds is 10. The van der Waals surface area contributed by atoms with Crippen molar-refractivity contribution in [1.82, 2.24) is 0 Å². The molecule has 0 heterocycles. The first-order valence-corrected chi connectivity index (χ1v) is 28.4. The summed E-state index contributed by atoms with van der Waals surface area (Å²) in [5.41, 5.74) is 15.0. The average Bonchev–Trinajstić information content (AvgIpc) is 3.56. The molecule has 2 atom stereocenters. The summed E-state index contributed by atoms with van der Waals surface area (Å²) in [6, 6.07) is 36.5. The molecule has 42 heavy (non-hydrogen) atoms. The molecule has 214 valence electrons. The molecule has 0 amide bonds. The van der Waals surface area contributed by atoms with Crippen molar-refractivity contribution < 1.29 is 17.4 Å². The molecule has 0 bridgehead atoms. The van der Waals surface area contributed by atoms with E-state index in [-0.39, 0.29) is 0 Å². The van der Waals surface area contributed by atoms with E-state index < -0.39 is 17.4 Å². The Morgan fingerprint density at radius 1 is 0.548 bits per heavy atom. The molecule has 0 aromatic heterocycles. The predicted molar refractivity (Wildman–Crippen MR) is 185 cm³/mol. The summed E-state index contributed by atoms with van der Waals surface area (Å²) in [6.45, 7) is 12.4. The topological polar surface area (TPSA) is 0 Å². The Bertz CT molecular complexity index is 1600.